The highest BCUT2D eigenvalue weighted by molar-refractivity contribution is 6.56. The van der Waals surface area contributed by atoms with Crippen LogP contribution in [0.15, 0.2) is 24.3 Å². The summed E-state index contributed by atoms with van der Waals surface area (Å²) in [7, 11) is 6.60. The lowest BCUT2D eigenvalue weighted by atomic mass is 10.1. The second-order valence-electron chi connectivity index (χ2n) is 4.35. The zero-order valence-electron chi connectivity index (χ0n) is 10.8. The molecule has 1 aromatic carbocycles. The maximum atomic E-state index is 11.3. The fraction of sp³-hybridized carbons (Fsp3) is 0.385. The lowest BCUT2D eigenvalue weighted by Crippen LogP contribution is -2.48. The van der Waals surface area contributed by atoms with Crippen molar-refractivity contribution >= 4 is 25.3 Å². The molecule has 1 saturated heterocycles. The van der Waals surface area contributed by atoms with E-state index in [9.17, 15) is 9.59 Å². The smallest absolute Gasteiger partial charge is 0.337 e. The van der Waals surface area contributed by atoms with E-state index in [2.05, 4.69) is 9.64 Å². The Morgan fingerprint density at radius 2 is 1.68 bits per heavy atom. The molecule has 0 N–H and O–H groups in total. The van der Waals surface area contributed by atoms with Crippen LogP contribution in [0.25, 0.3) is 0 Å². The fourth-order valence-electron chi connectivity index (χ4n) is 2.11. The Morgan fingerprint density at radius 3 is 2.16 bits per heavy atom. The van der Waals surface area contributed by atoms with Gasteiger partial charge in [-0.15, -0.1) is 0 Å². The number of ether oxygens (including phenoxy) is 1. The van der Waals surface area contributed by atoms with Gasteiger partial charge in [-0.2, -0.15) is 0 Å². The topological polar surface area (TPSA) is 49.9 Å². The van der Waals surface area contributed by atoms with E-state index in [0.29, 0.717) is 18.7 Å². The van der Waals surface area contributed by atoms with Gasteiger partial charge in [0.25, 0.3) is 0 Å². The van der Waals surface area contributed by atoms with E-state index in [1.54, 1.807) is 17.0 Å². The van der Waals surface area contributed by atoms with E-state index in [-0.39, 0.29) is 11.8 Å². The van der Waals surface area contributed by atoms with E-state index in [1.807, 2.05) is 12.1 Å². The van der Waals surface area contributed by atoms with Crippen LogP contribution < -0.4 is 4.90 Å². The number of methoxy groups -OCH3 is 1. The minimum atomic E-state index is -0.374. The van der Waals surface area contributed by atoms with Gasteiger partial charge in [0.2, 0.25) is 7.85 Å². The van der Waals surface area contributed by atoms with Crippen molar-refractivity contribution in [3.05, 3.63) is 29.8 Å². The molecule has 1 aromatic rings. The van der Waals surface area contributed by atoms with Crippen molar-refractivity contribution in [2.75, 3.05) is 38.2 Å². The zero-order chi connectivity index (χ0) is 13.8. The first-order valence-electron chi connectivity index (χ1n) is 6.09. The SMILES string of the molecule is [B]C(=O)N1CCN(c2ccc(C(=O)OC)cc2)CC1. The van der Waals surface area contributed by atoms with Gasteiger partial charge in [-0.25, -0.2) is 4.79 Å². The van der Waals surface area contributed by atoms with Crippen molar-refractivity contribution in [1.29, 1.82) is 0 Å². The summed E-state index contributed by atoms with van der Waals surface area (Å²) in [4.78, 5) is 26.1. The number of carbonyl (C=O) groups is 2. The largest absolute Gasteiger partial charge is 0.465 e. The third-order valence-corrected chi connectivity index (χ3v) is 3.24. The minimum absolute atomic E-state index is 0.343. The highest BCUT2D eigenvalue weighted by Crippen LogP contribution is 2.17. The Kier molecular flexibility index (Phi) is 4.09. The number of benzene rings is 1. The molecular formula is C13H15BN2O3. The highest BCUT2D eigenvalue weighted by Gasteiger charge is 2.18. The number of esters is 1. The molecule has 0 spiro atoms. The normalized spacial score (nSPS) is 15.2. The summed E-state index contributed by atoms with van der Waals surface area (Å²) in [5.41, 5.74) is 1.55. The summed E-state index contributed by atoms with van der Waals surface area (Å²) in [6.07, 6.45) is 0. The van der Waals surface area contributed by atoms with Crippen LogP contribution in [0, 0.1) is 0 Å². The monoisotopic (exact) mass is 258 g/mol. The second kappa shape index (κ2) is 5.78. The summed E-state index contributed by atoms with van der Waals surface area (Å²) < 4.78 is 4.65. The van der Waals surface area contributed by atoms with E-state index >= 15 is 0 Å². The molecule has 1 fully saturated rings. The van der Waals surface area contributed by atoms with Crippen LogP contribution in [0.3, 0.4) is 0 Å². The maximum Gasteiger partial charge on any atom is 0.337 e. The first-order valence-corrected chi connectivity index (χ1v) is 6.09. The van der Waals surface area contributed by atoms with Crippen LogP contribution in [0.2, 0.25) is 0 Å². The average Bonchev–Trinajstić information content (AvgIpc) is 2.46. The van der Waals surface area contributed by atoms with Gasteiger partial charge >= 0.3 is 5.97 Å². The Bertz CT molecular complexity index is 467. The summed E-state index contributed by atoms with van der Waals surface area (Å²) >= 11 is 0. The molecule has 1 aliphatic heterocycles. The van der Waals surface area contributed by atoms with E-state index in [1.165, 1.54) is 7.11 Å². The van der Waals surface area contributed by atoms with Gasteiger partial charge in [0.1, 0.15) is 0 Å². The molecule has 2 radical (unpaired) electrons. The predicted octanol–water partition coefficient (Wildman–Crippen LogP) is 0.884. The maximum absolute atomic E-state index is 11.3. The molecule has 1 aliphatic rings. The third-order valence-electron chi connectivity index (χ3n) is 3.24. The van der Waals surface area contributed by atoms with Crippen molar-refractivity contribution in [3.8, 4) is 0 Å². The van der Waals surface area contributed by atoms with Crippen LogP contribution in [0.5, 0.6) is 0 Å². The average molecular weight is 258 g/mol. The molecule has 98 valence electrons. The summed E-state index contributed by atoms with van der Waals surface area (Å²) in [5.74, 6) is -0.717. The van der Waals surface area contributed by atoms with Crippen LogP contribution in [-0.2, 0) is 4.74 Å². The number of hydrogen-bond donors (Lipinski definition) is 0. The summed E-state index contributed by atoms with van der Waals surface area (Å²) in [5, 5.41) is 0. The van der Waals surface area contributed by atoms with E-state index in [0.717, 1.165) is 18.8 Å². The van der Waals surface area contributed by atoms with Crippen molar-refractivity contribution < 1.29 is 14.3 Å². The standard InChI is InChI=1S/C13H15BN2O3/c1-19-12(17)10-2-4-11(5-3-10)15-6-8-16(9-7-15)13(14)18/h2-5H,6-9H2,1H3. The predicted molar refractivity (Wildman–Crippen MR) is 72.7 cm³/mol. The van der Waals surface area contributed by atoms with Crippen molar-refractivity contribution in [1.82, 2.24) is 4.90 Å². The quantitative estimate of drug-likeness (QED) is 0.583. The molecular weight excluding hydrogens is 243 g/mol. The zero-order valence-corrected chi connectivity index (χ0v) is 10.8. The molecule has 0 aliphatic carbocycles. The van der Waals surface area contributed by atoms with Crippen molar-refractivity contribution in [2.24, 2.45) is 0 Å². The van der Waals surface area contributed by atoms with Gasteiger partial charge in [0, 0.05) is 31.9 Å². The molecule has 0 atom stereocenters. The third kappa shape index (κ3) is 3.07. The van der Waals surface area contributed by atoms with Crippen LogP contribution in [0.1, 0.15) is 10.4 Å². The Labute approximate surface area is 113 Å². The molecule has 5 nitrogen and oxygen atoms in total. The number of hydrogen-bond acceptors (Lipinski definition) is 4. The van der Waals surface area contributed by atoms with Crippen molar-refractivity contribution in [2.45, 2.75) is 0 Å². The van der Waals surface area contributed by atoms with Gasteiger partial charge in [-0.05, 0) is 24.3 Å². The van der Waals surface area contributed by atoms with Gasteiger partial charge in [0.05, 0.1) is 12.7 Å². The van der Waals surface area contributed by atoms with Gasteiger partial charge in [0.15, 0.2) is 5.81 Å². The van der Waals surface area contributed by atoms with Crippen LogP contribution in [-0.4, -0.2) is 57.8 Å². The molecule has 0 unspecified atom stereocenters. The number of piperazine rings is 1. The van der Waals surface area contributed by atoms with Crippen LogP contribution in [0.4, 0.5) is 10.5 Å². The Balaban J connectivity index is 2.00. The number of carbonyl (C=O) groups excluding carboxylic acids is 2. The summed E-state index contributed by atoms with van der Waals surface area (Å²) in [6, 6.07) is 7.24. The second-order valence-corrected chi connectivity index (χ2v) is 4.35. The van der Waals surface area contributed by atoms with Crippen LogP contribution >= 0.6 is 0 Å². The first-order chi connectivity index (χ1) is 9.11. The Morgan fingerprint density at radius 1 is 1.11 bits per heavy atom. The van der Waals surface area contributed by atoms with Gasteiger partial charge in [-0.3, -0.25) is 4.79 Å². The molecule has 0 aromatic heterocycles. The molecule has 1 heterocycles. The lowest BCUT2D eigenvalue weighted by Gasteiger charge is -2.36. The Hall–Kier alpha value is -1.98. The van der Waals surface area contributed by atoms with E-state index < -0.39 is 0 Å². The first kappa shape index (κ1) is 13.5. The molecule has 0 bridgehead atoms. The molecule has 1 amide bonds. The lowest BCUT2D eigenvalue weighted by molar-refractivity contribution is 0.0600. The highest BCUT2D eigenvalue weighted by atomic mass is 16.5. The molecule has 2 rings (SSSR count). The molecule has 19 heavy (non-hydrogen) atoms. The molecule has 0 saturated carbocycles. The van der Waals surface area contributed by atoms with Gasteiger partial charge < -0.3 is 14.5 Å². The van der Waals surface area contributed by atoms with Gasteiger partial charge in [-0.1, -0.05) is 0 Å². The summed E-state index contributed by atoms with van der Waals surface area (Å²) in [6.45, 7) is 2.71. The number of nitrogens with zero attached hydrogens (tertiary/aromatic N) is 2. The number of amides is 1. The number of anilines is 1. The van der Waals surface area contributed by atoms with Crippen molar-refractivity contribution in [3.63, 3.8) is 0 Å². The molecule has 6 heteroatoms. The fourth-order valence-corrected chi connectivity index (χ4v) is 2.11. The van der Waals surface area contributed by atoms with E-state index in [4.69, 9.17) is 7.85 Å². The minimum Gasteiger partial charge on any atom is -0.465 e. The number of rotatable bonds is 2.